The number of benzene rings is 1. The Labute approximate surface area is 123 Å². The maximum absolute atomic E-state index is 5.68. The Hall–Kier alpha value is -1.22. The van der Waals surface area contributed by atoms with Gasteiger partial charge in [0.05, 0.1) is 6.61 Å². The van der Waals surface area contributed by atoms with E-state index in [1.807, 2.05) is 24.3 Å². The minimum atomic E-state index is 0.705. The predicted molar refractivity (Wildman–Crippen MR) is 84.7 cm³/mol. The van der Waals surface area contributed by atoms with Crippen LogP contribution in [0, 0.1) is 5.92 Å². The Morgan fingerprint density at radius 1 is 0.950 bits per heavy atom. The number of ether oxygens (including phenoxy) is 2. The molecule has 0 spiro atoms. The van der Waals surface area contributed by atoms with Crippen LogP contribution in [0.1, 0.15) is 40.0 Å². The fraction of sp³-hybridized carbons (Fsp3) is 0.647. The van der Waals surface area contributed by atoms with E-state index in [9.17, 15) is 0 Å². The predicted octanol–water partition coefficient (Wildman–Crippen LogP) is 3.88. The summed E-state index contributed by atoms with van der Waals surface area (Å²) in [6, 6.07) is 7.84. The van der Waals surface area contributed by atoms with Gasteiger partial charge in [0.1, 0.15) is 18.1 Å². The highest BCUT2D eigenvalue weighted by Crippen LogP contribution is 2.17. The van der Waals surface area contributed by atoms with Crippen molar-refractivity contribution >= 4 is 0 Å². The van der Waals surface area contributed by atoms with E-state index >= 15 is 0 Å². The fourth-order valence-corrected chi connectivity index (χ4v) is 1.85. The summed E-state index contributed by atoms with van der Waals surface area (Å²) >= 11 is 0. The van der Waals surface area contributed by atoms with Crippen molar-refractivity contribution in [3.05, 3.63) is 24.3 Å². The van der Waals surface area contributed by atoms with Gasteiger partial charge in [-0.3, -0.25) is 0 Å². The third-order valence-corrected chi connectivity index (χ3v) is 2.98. The summed E-state index contributed by atoms with van der Waals surface area (Å²) in [5.41, 5.74) is 0. The van der Waals surface area contributed by atoms with Gasteiger partial charge in [0.15, 0.2) is 0 Å². The van der Waals surface area contributed by atoms with E-state index in [1.54, 1.807) is 0 Å². The molecule has 0 bridgehead atoms. The molecule has 3 heteroatoms. The van der Waals surface area contributed by atoms with Crippen molar-refractivity contribution in [1.29, 1.82) is 0 Å². The van der Waals surface area contributed by atoms with Crippen molar-refractivity contribution in [1.82, 2.24) is 5.32 Å². The SMILES string of the molecule is CCCOc1ccc(OCCNCCCC(C)C)cc1. The van der Waals surface area contributed by atoms with Gasteiger partial charge in [-0.05, 0) is 56.0 Å². The van der Waals surface area contributed by atoms with Crippen LogP contribution in [0.2, 0.25) is 0 Å². The molecular formula is C17H29NO2. The van der Waals surface area contributed by atoms with Crippen molar-refractivity contribution in [2.75, 3.05) is 26.3 Å². The molecule has 3 nitrogen and oxygen atoms in total. The average molecular weight is 279 g/mol. The molecule has 1 aromatic carbocycles. The first-order valence-corrected chi connectivity index (χ1v) is 7.78. The Morgan fingerprint density at radius 3 is 2.10 bits per heavy atom. The average Bonchev–Trinajstić information content (AvgIpc) is 2.45. The smallest absolute Gasteiger partial charge is 0.119 e. The van der Waals surface area contributed by atoms with E-state index in [2.05, 4.69) is 26.1 Å². The van der Waals surface area contributed by atoms with Gasteiger partial charge in [-0.25, -0.2) is 0 Å². The van der Waals surface area contributed by atoms with E-state index < -0.39 is 0 Å². The Balaban J connectivity index is 2.07. The number of nitrogens with one attached hydrogen (secondary N) is 1. The maximum atomic E-state index is 5.68. The molecule has 20 heavy (non-hydrogen) atoms. The molecule has 0 aliphatic heterocycles. The van der Waals surface area contributed by atoms with Crippen molar-refractivity contribution in [2.45, 2.75) is 40.0 Å². The first kappa shape index (κ1) is 16.8. The normalized spacial score (nSPS) is 10.8. The molecule has 0 unspecified atom stereocenters. The first-order valence-electron chi connectivity index (χ1n) is 7.78. The van der Waals surface area contributed by atoms with Crippen molar-refractivity contribution in [2.24, 2.45) is 5.92 Å². The highest BCUT2D eigenvalue weighted by Gasteiger charge is 1.97. The molecular weight excluding hydrogens is 250 g/mol. The molecule has 0 saturated carbocycles. The second kappa shape index (κ2) is 10.6. The second-order valence-electron chi connectivity index (χ2n) is 5.45. The molecule has 0 fully saturated rings. The van der Waals surface area contributed by atoms with Crippen LogP contribution in [0.3, 0.4) is 0 Å². The lowest BCUT2D eigenvalue weighted by molar-refractivity contribution is 0.306. The summed E-state index contributed by atoms with van der Waals surface area (Å²) in [6.07, 6.45) is 3.55. The molecule has 0 amide bonds. The van der Waals surface area contributed by atoms with Gasteiger partial charge in [-0.15, -0.1) is 0 Å². The summed E-state index contributed by atoms with van der Waals surface area (Å²) in [5.74, 6) is 2.60. The van der Waals surface area contributed by atoms with E-state index in [0.717, 1.165) is 43.5 Å². The third-order valence-electron chi connectivity index (χ3n) is 2.98. The minimum Gasteiger partial charge on any atom is -0.494 e. The largest absolute Gasteiger partial charge is 0.494 e. The molecule has 1 N–H and O–H groups in total. The summed E-state index contributed by atoms with van der Waals surface area (Å²) in [5, 5.41) is 3.40. The molecule has 0 saturated heterocycles. The standard InChI is InChI=1S/C17H29NO2/c1-4-13-19-16-7-9-17(10-8-16)20-14-12-18-11-5-6-15(2)3/h7-10,15,18H,4-6,11-14H2,1-3H3. The monoisotopic (exact) mass is 279 g/mol. The summed E-state index contributed by atoms with van der Waals surface area (Å²) in [6.45, 7) is 10.1. The molecule has 0 aliphatic carbocycles. The van der Waals surface area contributed by atoms with Gasteiger partial charge >= 0.3 is 0 Å². The van der Waals surface area contributed by atoms with Crippen LogP contribution in [0.4, 0.5) is 0 Å². The first-order chi connectivity index (χ1) is 9.72. The van der Waals surface area contributed by atoms with Crippen LogP contribution in [-0.4, -0.2) is 26.3 Å². The highest BCUT2D eigenvalue weighted by atomic mass is 16.5. The Morgan fingerprint density at radius 2 is 1.55 bits per heavy atom. The van der Waals surface area contributed by atoms with E-state index in [0.29, 0.717) is 6.61 Å². The van der Waals surface area contributed by atoms with Gasteiger partial charge in [-0.2, -0.15) is 0 Å². The fourth-order valence-electron chi connectivity index (χ4n) is 1.85. The lowest BCUT2D eigenvalue weighted by Gasteiger charge is -2.09. The minimum absolute atomic E-state index is 0.705. The van der Waals surface area contributed by atoms with Crippen molar-refractivity contribution < 1.29 is 9.47 Å². The number of hydrogen-bond acceptors (Lipinski definition) is 3. The second-order valence-corrected chi connectivity index (χ2v) is 5.45. The van der Waals surface area contributed by atoms with E-state index in [4.69, 9.17) is 9.47 Å². The Bertz CT molecular complexity index is 335. The van der Waals surface area contributed by atoms with Gasteiger partial charge < -0.3 is 14.8 Å². The number of rotatable bonds is 11. The summed E-state index contributed by atoms with van der Waals surface area (Å²) < 4.78 is 11.2. The van der Waals surface area contributed by atoms with Gasteiger partial charge in [0.2, 0.25) is 0 Å². The summed E-state index contributed by atoms with van der Waals surface area (Å²) in [7, 11) is 0. The van der Waals surface area contributed by atoms with Crippen LogP contribution in [0.5, 0.6) is 11.5 Å². The maximum Gasteiger partial charge on any atom is 0.119 e. The van der Waals surface area contributed by atoms with E-state index in [1.165, 1.54) is 12.8 Å². The summed E-state index contributed by atoms with van der Waals surface area (Å²) in [4.78, 5) is 0. The molecule has 0 aliphatic rings. The molecule has 0 aromatic heterocycles. The molecule has 0 atom stereocenters. The van der Waals surface area contributed by atoms with Crippen LogP contribution in [0.15, 0.2) is 24.3 Å². The van der Waals surface area contributed by atoms with E-state index in [-0.39, 0.29) is 0 Å². The van der Waals surface area contributed by atoms with Crippen LogP contribution >= 0.6 is 0 Å². The lowest BCUT2D eigenvalue weighted by Crippen LogP contribution is -2.22. The van der Waals surface area contributed by atoms with Crippen molar-refractivity contribution in [3.63, 3.8) is 0 Å². The van der Waals surface area contributed by atoms with Crippen LogP contribution in [-0.2, 0) is 0 Å². The van der Waals surface area contributed by atoms with Crippen LogP contribution < -0.4 is 14.8 Å². The zero-order chi connectivity index (χ0) is 14.6. The van der Waals surface area contributed by atoms with Crippen LogP contribution in [0.25, 0.3) is 0 Å². The van der Waals surface area contributed by atoms with Gasteiger partial charge in [-0.1, -0.05) is 20.8 Å². The van der Waals surface area contributed by atoms with Gasteiger partial charge in [0, 0.05) is 6.54 Å². The lowest BCUT2D eigenvalue weighted by atomic mass is 10.1. The highest BCUT2D eigenvalue weighted by molar-refractivity contribution is 5.31. The third kappa shape index (κ3) is 8.05. The van der Waals surface area contributed by atoms with Gasteiger partial charge in [0.25, 0.3) is 0 Å². The molecule has 114 valence electrons. The quantitative estimate of drug-likeness (QED) is 0.624. The Kier molecular flexibility index (Phi) is 8.88. The molecule has 0 heterocycles. The molecule has 1 rings (SSSR count). The molecule has 0 radical (unpaired) electrons. The zero-order valence-corrected chi connectivity index (χ0v) is 13.2. The zero-order valence-electron chi connectivity index (χ0n) is 13.2. The topological polar surface area (TPSA) is 30.5 Å². The number of hydrogen-bond donors (Lipinski definition) is 1. The van der Waals surface area contributed by atoms with Crippen molar-refractivity contribution in [3.8, 4) is 11.5 Å². The molecule has 1 aromatic rings.